The Hall–Kier alpha value is -1.92. The van der Waals surface area contributed by atoms with Gasteiger partial charge < -0.3 is 10.8 Å². The normalized spacial score (nSPS) is 18.0. The Morgan fingerprint density at radius 1 is 1.29 bits per heavy atom. The summed E-state index contributed by atoms with van der Waals surface area (Å²) in [4.78, 5) is 45.4. The molecule has 0 bridgehead atoms. The van der Waals surface area contributed by atoms with Gasteiger partial charge in [-0.25, -0.2) is 4.79 Å². The Balaban J connectivity index is 2.80. The summed E-state index contributed by atoms with van der Waals surface area (Å²) in [7, 11) is 0. The molecule has 0 aromatic carbocycles. The number of aliphatic carboxylic acids is 1. The lowest BCUT2D eigenvalue weighted by atomic mass is 10.0. The number of nitrogens with zero attached hydrogens (tertiary/aromatic N) is 1. The van der Waals surface area contributed by atoms with Crippen LogP contribution in [-0.2, 0) is 19.2 Å². The zero-order chi connectivity index (χ0) is 13.0. The fourth-order valence-corrected chi connectivity index (χ4v) is 1.76. The molecule has 1 saturated heterocycles. The Kier molecular flexibility index (Phi) is 4.19. The highest BCUT2D eigenvalue weighted by Crippen LogP contribution is 2.18. The van der Waals surface area contributed by atoms with E-state index < -0.39 is 29.7 Å². The zero-order valence-corrected chi connectivity index (χ0v) is 9.22. The molecule has 0 spiro atoms. The van der Waals surface area contributed by atoms with Gasteiger partial charge >= 0.3 is 5.97 Å². The Bertz CT molecular complexity index is 350. The third-order valence-electron chi connectivity index (χ3n) is 2.58. The van der Waals surface area contributed by atoms with E-state index in [1.807, 2.05) is 0 Å². The van der Waals surface area contributed by atoms with Gasteiger partial charge in [-0.1, -0.05) is 0 Å². The average Bonchev–Trinajstić information content (AvgIpc) is 2.21. The first-order valence-corrected chi connectivity index (χ1v) is 5.29. The molecule has 17 heavy (non-hydrogen) atoms. The largest absolute Gasteiger partial charge is 0.480 e. The third-order valence-corrected chi connectivity index (χ3v) is 2.58. The number of carbonyl (C=O) groups is 4. The van der Waals surface area contributed by atoms with Crippen LogP contribution in [0.25, 0.3) is 0 Å². The molecule has 0 aromatic rings. The van der Waals surface area contributed by atoms with Crippen molar-refractivity contribution in [3.05, 3.63) is 0 Å². The Morgan fingerprint density at radius 2 is 1.82 bits per heavy atom. The molecule has 0 aliphatic carbocycles. The molecule has 1 aliphatic heterocycles. The fraction of sp³-hybridized carbons (Fsp3) is 0.600. The molecule has 7 nitrogen and oxygen atoms in total. The van der Waals surface area contributed by atoms with Crippen molar-refractivity contribution >= 4 is 23.7 Å². The first-order chi connectivity index (χ1) is 7.93. The predicted octanol–water partition coefficient (Wildman–Crippen LogP) is -0.756. The summed E-state index contributed by atoms with van der Waals surface area (Å²) >= 11 is 0. The van der Waals surface area contributed by atoms with Crippen molar-refractivity contribution < 1.29 is 24.3 Å². The number of likely N-dealkylation sites (tertiary alicyclic amines) is 1. The van der Waals surface area contributed by atoms with Crippen LogP contribution < -0.4 is 5.73 Å². The number of rotatable bonds is 5. The van der Waals surface area contributed by atoms with Crippen molar-refractivity contribution in [2.75, 3.05) is 0 Å². The van der Waals surface area contributed by atoms with E-state index >= 15 is 0 Å². The average molecular weight is 242 g/mol. The molecule has 1 fully saturated rings. The number of nitrogens with two attached hydrogens (primary N) is 1. The molecule has 1 heterocycles. The summed E-state index contributed by atoms with van der Waals surface area (Å²) in [5.74, 6) is -2.96. The van der Waals surface area contributed by atoms with Crippen molar-refractivity contribution in [3.8, 4) is 0 Å². The second-order valence-corrected chi connectivity index (χ2v) is 3.87. The van der Waals surface area contributed by atoms with E-state index in [0.29, 0.717) is 6.42 Å². The van der Waals surface area contributed by atoms with Crippen LogP contribution in [0.5, 0.6) is 0 Å². The van der Waals surface area contributed by atoms with E-state index in [0.717, 1.165) is 4.90 Å². The van der Waals surface area contributed by atoms with Crippen LogP contribution in [0.15, 0.2) is 0 Å². The van der Waals surface area contributed by atoms with Crippen LogP contribution >= 0.6 is 0 Å². The molecule has 0 unspecified atom stereocenters. The molecule has 3 N–H and O–H groups in total. The lowest BCUT2D eigenvalue weighted by molar-refractivity contribution is -0.160. The van der Waals surface area contributed by atoms with Crippen molar-refractivity contribution in [2.45, 2.75) is 38.1 Å². The van der Waals surface area contributed by atoms with Gasteiger partial charge in [0.25, 0.3) is 0 Å². The second-order valence-electron chi connectivity index (χ2n) is 3.87. The molecule has 0 aromatic heterocycles. The van der Waals surface area contributed by atoms with E-state index in [1.54, 1.807) is 0 Å². The van der Waals surface area contributed by atoms with E-state index in [1.165, 1.54) is 0 Å². The number of carboxylic acids is 1. The number of hydrogen-bond acceptors (Lipinski definition) is 4. The number of carboxylic acid groups (broad SMARTS) is 1. The molecule has 94 valence electrons. The third kappa shape index (κ3) is 3.27. The van der Waals surface area contributed by atoms with E-state index in [9.17, 15) is 19.2 Å². The number of piperidine rings is 1. The van der Waals surface area contributed by atoms with Crippen LogP contribution in [-0.4, -0.2) is 39.7 Å². The van der Waals surface area contributed by atoms with Crippen LogP contribution in [0, 0.1) is 0 Å². The zero-order valence-electron chi connectivity index (χ0n) is 9.22. The van der Waals surface area contributed by atoms with Gasteiger partial charge in [-0.3, -0.25) is 19.3 Å². The van der Waals surface area contributed by atoms with Crippen LogP contribution in [0.3, 0.4) is 0 Å². The standard InChI is InChI=1S/C10H14N2O5/c11-7(13)5-4-6(10(16)17)12-8(14)2-1-3-9(12)15/h6H,1-5H2,(H2,11,13)(H,16,17)/t6-/m0/s1. The summed E-state index contributed by atoms with van der Waals surface area (Å²) in [6.45, 7) is 0. The van der Waals surface area contributed by atoms with Gasteiger partial charge in [0, 0.05) is 19.3 Å². The number of carbonyl (C=O) groups excluding carboxylic acids is 3. The van der Waals surface area contributed by atoms with Crippen molar-refractivity contribution in [2.24, 2.45) is 5.73 Å². The number of primary amides is 1. The molecule has 3 amide bonds. The first kappa shape index (κ1) is 13.1. The molecule has 0 radical (unpaired) electrons. The van der Waals surface area contributed by atoms with Crippen molar-refractivity contribution in [1.82, 2.24) is 4.90 Å². The quantitative estimate of drug-likeness (QED) is 0.614. The van der Waals surface area contributed by atoms with Gasteiger partial charge in [-0.05, 0) is 12.8 Å². The molecular weight excluding hydrogens is 228 g/mol. The maximum absolute atomic E-state index is 11.5. The van der Waals surface area contributed by atoms with Gasteiger partial charge in [-0.2, -0.15) is 0 Å². The Morgan fingerprint density at radius 3 is 2.24 bits per heavy atom. The monoisotopic (exact) mass is 242 g/mol. The lowest BCUT2D eigenvalue weighted by Crippen LogP contribution is -2.50. The lowest BCUT2D eigenvalue weighted by Gasteiger charge is -2.30. The highest BCUT2D eigenvalue weighted by Gasteiger charge is 2.36. The molecule has 1 rings (SSSR count). The van der Waals surface area contributed by atoms with E-state index in [4.69, 9.17) is 10.8 Å². The molecular formula is C10H14N2O5. The smallest absolute Gasteiger partial charge is 0.326 e. The van der Waals surface area contributed by atoms with Crippen LogP contribution in [0.2, 0.25) is 0 Å². The summed E-state index contributed by atoms with van der Waals surface area (Å²) in [6, 6.07) is -1.29. The van der Waals surface area contributed by atoms with Crippen molar-refractivity contribution in [1.29, 1.82) is 0 Å². The minimum atomic E-state index is -1.30. The highest BCUT2D eigenvalue weighted by molar-refractivity contribution is 6.01. The summed E-state index contributed by atoms with van der Waals surface area (Å²) in [5, 5.41) is 8.98. The minimum Gasteiger partial charge on any atom is -0.480 e. The SMILES string of the molecule is NC(=O)CC[C@@H](C(=O)O)N1C(=O)CCCC1=O. The first-order valence-electron chi connectivity index (χ1n) is 5.29. The van der Waals surface area contributed by atoms with Crippen LogP contribution in [0.1, 0.15) is 32.1 Å². The molecule has 7 heteroatoms. The Labute approximate surface area is 97.6 Å². The fourth-order valence-electron chi connectivity index (χ4n) is 1.76. The molecule has 0 saturated carbocycles. The van der Waals surface area contributed by atoms with Gasteiger partial charge in [0.05, 0.1) is 0 Å². The van der Waals surface area contributed by atoms with Gasteiger partial charge in [0.2, 0.25) is 17.7 Å². The van der Waals surface area contributed by atoms with Crippen LogP contribution in [0.4, 0.5) is 0 Å². The van der Waals surface area contributed by atoms with Gasteiger partial charge in [0.15, 0.2) is 0 Å². The maximum Gasteiger partial charge on any atom is 0.326 e. The maximum atomic E-state index is 11.5. The van der Waals surface area contributed by atoms with Crippen molar-refractivity contribution in [3.63, 3.8) is 0 Å². The predicted molar refractivity (Wildman–Crippen MR) is 55.6 cm³/mol. The number of imide groups is 1. The minimum absolute atomic E-state index is 0.137. The highest BCUT2D eigenvalue weighted by atomic mass is 16.4. The van der Waals surface area contributed by atoms with E-state index in [2.05, 4.69) is 0 Å². The molecule has 1 atom stereocenters. The number of amides is 3. The van der Waals surface area contributed by atoms with Gasteiger partial charge in [0.1, 0.15) is 6.04 Å². The number of hydrogen-bond donors (Lipinski definition) is 2. The summed E-state index contributed by atoms with van der Waals surface area (Å²) in [6.07, 6.45) is 0.449. The summed E-state index contributed by atoms with van der Waals surface area (Å²) < 4.78 is 0. The molecule has 1 aliphatic rings. The summed E-state index contributed by atoms with van der Waals surface area (Å²) in [5.41, 5.74) is 4.92. The topological polar surface area (TPSA) is 118 Å². The second kappa shape index (κ2) is 5.42. The van der Waals surface area contributed by atoms with Gasteiger partial charge in [-0.15, -0.1) is 0 Å². The van der Waals surface area contributed by atoms with E-state index in [-0.39, 0.29) is 25.7 Å².